The summed E-state index contributed by atoms with van der Waals surface area (Å²) in [7, 11) is 0. The number of hydrogen-bond donors (Lipinski definition) is 3. The number of alkyl carbamates (subject to hydrolysis) is 1. The standard InChI is InChI=1S/C28H34N2O5/c1-2-3-15-24(27(33)29-25(16-26(31)32)18-9-8-10-18)30-28(34)35-17-23-21-13-6-4-11-19(21)20-12-5-7-14-22(20)23/h4-7,11-14,18,23-25H,2-3,8-10,15-17H2,1H3,(H,29,33)(H,30,34)(H,31,32). The van der Waals surface area contributed by atoms with E-state index in [1.807, 2.05) is 31.2 Å². The number of benzene rings is 2. The molecule has 2 unspecified atom stereocenters. The van der Waals surface area contributed by atoms with E-state index >= 15 is 0 Å². The minimum atomic E-state index is -0.934. The Bertz CT molecular complexity index is 1020. The van der Waals surface area contributed by atoms with Crippen molar-refractivity contribution in [1.29, 1.82) is 0 Å². The van der Waals surface area contributed by atoms with E-state index in [4.69, 9.17) is 4.74 Å². The Morgan fingerprint density at radius 3 is 2.17 bits per heavy atom. The molecule has 0 saturated heterocycles. The molecule has 0 heterocycles. The van der Waals surface area contributed by atoms with Crippen LogP contribution in [0.25, 0.3) is 11.1 Å². The van der Waals surface area contributed by atoms with Crippen LogP contribution in [-0.4, -0.2) is 41.8 Å². The van der Waals surface area contributed by atoms with Crippen molar-refractivity contribution in [3.8, 4) is 11.1 Å². The van der Waals surface area contributed by atoms with Crippen molar-refractivity contribution in [2.24, 2.45) is 5.92 Å². The third-order valence-corrected chi connectivity index (χ3v) is 7.24. The Morgan fingerprint density at radius 1 is 1.00 bits per heavy atom. The molecule has 2 aromatic carbocycles. The van der Waals surface area contributed by atoms with Crippen LogP contribution in [0.2, 0.25) is 0 Å². The van der Waals surface area contributed by atoms with Crippen molar-refractivity contribution < 1.29 is 24.2 Å². The van der Waals surface area contributed by atoms with Gasteiger partial charge in [-0.2, -0.15) is 0 Å². The maximum Gasteiger partial charge on any atom is 0.407 e. The lowest BCUT2D eigenvalue weighted by Crippen LogP contribution is -2.52. The number of carbonyl (C=O) groups excluding carboxylic acids is 2. The number of nitrogens with one attached hydrogen (secondary N) is 2. The summed E-state index contributed by atoms with van der Waals surface area (Å²) in [4.78, 5) is 37.1. The lowest BCUT2D eigenvalue weighted by atomic mass is 9.78. The zero-order chi connectivity index (χ0) is 24.8. The van der Waals surface area contributed by atoms with Crippen LogP contribution in [0.4, 0.5) is 4.79 Å². The number of aliphatic carboxylic acids is 1. The molecule has 186 valence electrons. The average Bonchev–Trinajstić information content (AvgIpc) is 3.12. The van der Waals surface area contributed by atoms with Crippen molar-refractivity contribution in [3.63, 3.8) is 0 Å². The van der Waals surface area contributed by atoms with Gasteiger partial charge in [0.25, 0.3) is 0 Å². The molecule has 0 bridgehead atoms. The van der Waals surface area contributed by atoms with Gasteiger partial charge in [-0.05, 0) is 47.4 Å². The highest BCUT2D eigenvalue weighted by atomic mass is 16.5. The monoisotopic (exact) mass is 478 g/mol. The van der Waals surface area contributed by atoms with E-state index in [9.17, 15) is 19.5 Å². The molecule has 0 spiro atoms. The quantitative estimate of drug-likeness (QED) is 0.429. The fourth-order valence-electron chi connectivity index (χ4n) is 5.11. The molecule has 0 aromatic heterocycles. The molecule has 2 aliphatic rings. The third kappa shape index (κ3) is 5.84. The molecule has 2 aliphatic carbocycles. The number of hydrogen-bond acceptors (Lipinski definition) is 4. The number of carboxylic acid groups (broad SMARTS) is 1. The summed E-state index contributed by atoms with van der Waals surface area (Å²) in [6.07, 6.45) is 4.23. The summed E-state index contributed by atoms with van der Waals surface area (Å²) >= 11 is 0. The molecule has 7 nitrogen and oxygen atoms in total. The maximum absolute atomic E-state index is 13.0. The molecule has 35 heavy (non-hydrogen) atoms. The van der Waals surface area contributed by atoms with Crippen LogP contribution in [0.1, 0.15) is 68.9 Å². The van der Waals surface area contributed by atoms with Gasteiger partial charge in [0.1, 0.15) is 12.6 Å². The van der Waals surface area contributed by atoms with Crippen LogP contribution in [0.15, 0.2) is 48.5 Å². The largest absolute Gasteiger partial charge is 0.481 e. The molecule has 1 fully saturated rings. The minimum absolute atomic E-state index is 0.0605. The molecule has 1 saturated carbocycles. The Hall–Kier alpha value is -3.35. The third-order valence-electron chi connectivity index (χ3n) is 7.24. The van der Waals surface area contributed by atoms with Crippen molar-refractivity contribution in [2.45, 2.75) is 69.9 Å². The van der Waals surface area contributed by atoms with Crippen LogP contribution in [0.3, 0.4) is 0 Å². The summed E-state index contributed by atoms with van der Waals surface area (Å²) < 4.78 is 5.63. The van der Waals surface area contributed by atoms with Crippen LogP contribution in [-0.2, 0) is 14.3 Å². The highest BCUT2D eigenvalue weighted by Crippen LogP contribution is 2.44. The molecule has 2 atom stereocenters. The minimum Gasteiger partial charge on any atom is -0.481 e. The number of carbonyl (C=O) groups is 3. The SMILES string of the molecule is CCCCC(NC(=O)OCC1c2ccccc2-c2ccccc21)C(=O)NC(CC(=O)O)C1CCC1. The van der Waals surface area contributed by atoms with E-state index in [1.165, 1.54) is 0 Å². The molecule has 2 aromatic rings. The van der Waals surface area contributed by atoms with Gasteiger partial charge in [0.05, 0.1) is 6.42 Å². The van der Waals surface area contributed by atoms with Gasteiger partial charge in [-0.25, -0.2) is 4.79 Å². The smallest absolute Gasteiger partial charge is 0.407 e. The molecule has 3 N–H and O–H groups in total. The molecule has 2 amide bonds. The van der Waals surface area contributed by atoms with Gasteiger partial charge in [-0.1, -0.05) is 74.7 Å². The lowest BCUT2D eigenvalue weighted by molar-refractivity contribution is -0.138. The zero-order valence-corrected chi connectivity index (χ0v) is 20.2. The topological polar surface area (TPSA) is 105 Å². The van der Waals surface area contributed by atoms with Gasteiger partial charge in [-0.3, -0.25) is 9.59 Å². The maximum atomic E-state index is 13.0. The van der Waals surface area contributed by atoms with E-state index in [-0.39, 0.29) is 30.8 Å². The summed E-state index contributed by atoms with van der Waals surface area (Å²) in [5.74, 6) is -1.16. The normalized spacial score (nSPS) is 16.4. The molecule has 7 heteroatoms. The Morgan fingerprint density at radius 2 is 1.63 bits per heavy atom. The first-order valence-corrected chi connectivity index (χ1v) is 12.6. The Labute approximate surface area is 206 Å². The number of carboxylic acids is 1. The van der Waals surface area contributed by atoms with Gasteiger partial charge in [0, 0.05) is 12.0 Å². The number of ether oxygens (including phenoxy) is 1. The van der Waals surface area contributed by atoms with Crippen LogP contribution >= 0.6 is 0 Å². The number of unbranched alkanes of at least 4 members (excludes halogenated alkanes) is 1. The molecule has 0 aliphatic heterocycles. The number of rotatable bonds is 11. The Kier molecular flexibility index (Phi) is 8.06. The summed E-state index contributed by atoms with van der Waals surface area (Å²) in [5, 5.41) is 14.9. The number of fused-ring (bicyclic) bond motifs is 3. The van der Waals surface area contributed by atoms with Gasteiger partial charge in [0.2, 0.25) is 5.91 Å². The predicted octanol–water partition coefficient (Wildman–Crippen LogP) is 4.84. The first kappa shape index (κ1) is 24.8. The average molecular weight is 479 g/mol. The zero-order valence-electron chi connectivity index (χ0n) is 20.2. The second-order valence-corrected chi connectivity index (χ2v) is 9.57. The summed E-state index contributed by atoms with van der Waals surface area (Å²) in [6.45, 7) is 2.19. The van der Waals surface area contributed by atoms with Crippen molar-refractivity contribution in [3.05, 3.63) is 59.7 Å². The highest BCUT2D eigenvalue weighted by Gasteiger charge is 2.33. The molecular formula is C28H34N2O5. The fourth-order valence-corrected chi connectivity index (χ4v) is 5.11. The van der Waals surface area contributed by atoms with Crippen LogP contribution in [0.5, 0.6) is 0 Å². The van der Waals surface area contributed by atoms with Crippen molar-refractivity contribution in [2.75, 3.05) is 6.61 Å². The summed E-state index contributed by atoms with van der Waals surface area (Å²) in [6, 6.07) is 15.1. The molecule has 4 rings (SSSR count). The molecule has 0 radical (unpaired) electrons. The summed E-state index contributed by atoms with van der Waals surface area (Å²) in [5.41, 5.74) is 4.55. The van der Waals surface area contributed by atoms with E-state index < -0.39 is 24.1 Å². The van der Waals surface area contributed by atoms with Gasteiger partial charge >= 0.3 is 12.1 Å². The lowest BCUT2D eigenvalue weighted by Gasteiger charge is -2.34. The molecular weight excluding hydrogens is 444 g/mol. The van der Waals surface area contributed by atoms with Crippen molar-refractivity contribution >= 4 is 18.0 Å². The Balaban J connectivity index is 1.39. The second-order valence-electron chi connectivity index (χ2n) is 9.57. The van der Waals surface area contributed by atoms with Gasteiger partial charge in [-0.15, -0.1) is 0 Å². The fraction of sp³-hybridized carbons (Fsp3) is 0.464. The number of amides is 2. The van der Waals surface area contributed by atoms with Crippen molar-refractivity contribution in [1.82, 2.24) is 10.6 Å². The van der Waals surface area contributed by atoms with Gasteiger partial charge < -0.3 is 20.5 Å². The first-order chi connectivity index (χ1) is 17.0. The van der Waals surface area contributed by atoms with E-state index in [2.05, 4.69) is 34.9 Å². The van der Waals surface area contributed by atoms with Gasteiger partial charge in [0.15, 0.2) is 0 Å². The first-order valence-electron chi connectivity index (χ1n) is 12.6. The highest BCUT2D eigenvalue weighted by molar-refractivity contribution is 5.86. The van der Waals surface area contributed by atoms with E-state index in [0.717, 1.165) is 54.4 Å². The predicted molar refractivity (Wildman–Crippen MR) is 133 cm³/mol. The van der Waals surface area contributed by atoms with Crippen LogP contribution < -0.4 is 10.6 Å². The second kappa shape index (κ2) is 11.4. The van der Waals surface area contributed by atoms with Crippen LogP contribution in [0, 0.1) is 5.92 Å². The van der Waals surface area contributed by atoms with E-state index in [0.29, 0.717) is 6.42 Å². The van der Waals surface area contributed by atoms with E-state index in [1.54, 1.807) is 0 Å².